The fourth-order valence-electron chi connectivity index (χ4n) is 1.68. The van der Waals surface area contributed by atoms with Crippen molar-refractivity contribution >= 4 is 0 Å². The maximum Gasteiger partial charge on any atom is 0.0727 e. The van der Waals surface area contributed by atoms with Crippen LogP contribution < -0.4 is 5.73 Å². The molecule has 2 heteroatoms. The third-order valence-electron chi connectivity index (χ3n) is 2.93. The van der Waals surface area contributed by atoms with Crippen molar-refractivity contribution in [2.24, 2.45) is 11.7 Å². The standard InChI is InChI=1S/C10H21NO/c1-8(2)4-5-10(11)6-7-12-9(10)3/h8-9H,4-7,11H2,1-3H3. The Labute approximate surface area is 75.5 Å². The lowest BCUT2D eigenvalue weighted by Crippen LogP contribution is -2.46. The fourth-order valence-corrected chi connectivity index (χ4v) is 1.68. The molecule has 2 nitrogen and oxygen atoms in total. The van der Waals surface area contributed by atoms with Gasteiger partial charge in [0.1, 0.15) is 0 Å². The van der Waals surface area contributed by atoms with E-state index >= 15 is 0 Å². The predicted octanol–water partition coefficient (Wildman–Crippen LogP) is 1.93. The van der Waals surface area contributed by atoms with Crippen molar-refractivity contribution in [2.45, 2.75) is 51.7 Å². The Hall–Kier alpha value is -0.0800. The average Bonchev–Trinajstić information content (AvgIpc) is 2.30. The van der Waals surface area contributed by atoms with E-state index in [9.17, 15) is 0 Å². The van der Waals surface area contributed by atoms with Crippen molar-refractivity contribution in [2.75, 3.05) is 6.61 Å². The molecule has 0 aromatic heterocycles. The molecule has 0 spiro atoms. The molecule has 0 aromatic carbocycles. The van der Waals surface area contributed by atoms with Crippen LogP contribution in [0.1, 0.15) is 40.0 Å². The van der Waals surface area contributed by atoms with Crippen LogP contribution in [0.5, 0.6) is 0 Å². The summed E-state index contributed by atoms with van der Waals surface area (Å²) in [7, 11) is 0. The van der Waals surface area contributed by atoms with Gasteiger partial charge >= 0.3 is 0 Å². The molecule has 1 saturated heterocycles. The lowest BCUT2D eigenvalue weighted by Gasteiger charge is -2.28. The highest BCUT2D eigenvalue weighted by Gasteiger charge is 2.36. The van der Waals surface area contributed by atoms with Gasteiger partial charge in [0, 0.05) is 12.1 Å². The second-order valence-electron chi connectivity index (χ2n) is 4.43. The maximum atomic E-state index is 6.23. The van der Waals surface area contributed by atoms with E-state index in [1.54, 1.807) is 0 Å². The Morgan fingerprint density at radius 2 is 2.25 bits per heavy atom. The minimum atomic E-state index is -0.0374. The zero-order valence-corrected chi connectivity index (χ0v) is 8.47. The first-order valence-corrected chi connectivity index (χ1v) is 4.95. The van der Waals surface area contributed by atoms with Crippen molar-refractivity contribution in [3.05, 3.63) is 0 Å². The van der Waals surface area contributed by atoms with Crippen molar-refractivity contribution in [3.63, 3.8) is 0 Å². The highest BCUT2D eigenvalue weighted by molar-refractivity contribution is 4.94. The van der Waals surface area contributed by atoms with E-state index < -0.39 is 0 Å². The van der Waals surface area contributed by atoms with E-state index in [1.807, 2.05) is 0 Å². The summed E-state index contributed by atoms with van der Waals surface area (Å²) >= 11 is 0. The van der Waals surface area contributed by atoms with Gasteiger partial charge in [0.25, 0.3) is 0 Å². The topological polar surface area (TPSA) is 35.2 Å². The molecule has 1 aliphatic heterocycles. The second kappa shape index (κ2) is 3.75. The normalized spacial score (nSPS) is 36.2. The summed E-state index contributed by atoms with van der Waals surface area (Å²) in [5.74, 6) is 0.748. The van der Waals surface area contributed by atoms with Gasteiger partial charge in [-0.15, -0.1) is 0 Å². The number of hydrogen-bond donors (Lipinski definition) is 1. The number of hydrogen-bond acceptors (Lipinski definition) is 2. The molecule has 2 unspecified atom stereocenters. The summed E-state index contributed by atoms with van der Waals surface area (Å²) in [6, 6.07) is 0. The summed E-state index contributed by atoms with van der Waals surface area (Å²) < 4.78 is 5.48. The van der Waals surface area contributed by atoms with Crippen molar-refractivity contribution in [3.8, 4) is 0 Å². The quantitative estimate of drug-likeness (QED) is 0.704. The maximum absolute atomic E-state index is 6.23. The molecule has 12 heavy (non-hydrogen) atoms. The van der Waals surface area contributed by atoms with Crippen molar-refractivity contribution < 1.29 is 4.74 Å². The summed E-state index contributed by atoms with van der Waals surface area (Å²) in [4.78, 5) is 0. The summed E-state index contributed by atoms with van der Waals surface area (Å²) in [6.07, 6.45) is 3.59. The van der Waals surface area contributed by atoms with Crippen LogP contribution in [0.25, 0.3) is 0 Å². The molecule has 1 heterocycles. The molecule has 1 rings (SSSR count). The molecule has 0 radical (unpaired) electrons. The molecule has 0 bridgehead atoms. The van der Waals surface area contributed by atoms with Crippen LogP contribution in [0, 0.1) is 5.92 Å². The van der Waals surface area contributed by atoms with Gasteiger partial charge in [-0.25, -0.2) is 0 Å². The van der Waals surface area contributed by atoms with Gasteiger partial charge in [0.15, 0.2) is 0 Å². The molecule has 2 atom stereocenters. The van der Waals surface area contributed by atoms with E-state index in [-0.39, 0.29) is 11.6 Å². The van der Waals surface area contributed by atoms with Crippen LogP contribution in [-0.4, -0.2) is 18.2 Å². The monoisotopic (exact) mass is 171 g/mol. The van der Waals surface area contributed by atoms with Crippen LogP contribution >= 0.6 is 0 Å². The van der Waals surface area contributed by atoms with Crippen LogP contribution in [0.4, 0.5) is 0 Å². The second-order valence-corrected chi connectivity index (χ2v) is 4.43. The Bertz CT molecular complexity index is 147. The highest BCUT2D eigenvalue weighted by atomic mass is 16.5. The van der Waals surface area contributed by atoms with Crippen molar-refractivity contribution in [1.82, 2.24) is 0 Å². The smallest absolute Gasteiger partial charge is 0.0727 e. The SMILES string of the molecule is CC(C)CCC1(N)CCOC1C. The molecule has 0 saturated carbocycles. The van der Waals surface area contributed by atoms with Gasteiger partial charge in [-0.1, -0.05) is 13.8 Å². The highest BCUT2D eigenvalue weighted by Crippen LogP contribution is 2.28. The van der Waals surface area contributed by atoms with E-state index in [0.717, 1.165) is 25.4 Å². The minimum absolute atomic E-state index is 0.0374. The van der Waals surface area contributed by atoms with Crippen LogP contribution in [0.15, 0.2) is 0 Å². The number of nitrogens with two attached hydrogens (primary N) is 1. The largest absolute Gasteiger partial charge is 0.377 e. The molecule has 72 valence electrons. The number of ether oxygens (including phenoxy) is 1. The molecule has 2 N–H and O–H groups in total. The van der Waals surface area contributed by atoms with Gasteiger partial charge < -0.3 is 10.5 Å². The van der Waals surface area contributed by atoms with E-state index in [0.29, 0.717) is 0 Å². The number of rotatable bonds is 3. The Kier molecular flexibility index (Phi) is 3.13. The van der Waals surface area contributed by atoms with Gasteiger partial charge in [0.2, 0.25) is 0 Å². The van der Waals surface area contributed by atoms with Gasteiger partial charge in [-0.2, -0.15) is 0 Å². The predicted molar refractivity (Wildman–Crippen MR) is 51.0 cm³/mol. The van der Waals surface area contributed by atoms with Crippen LogP contribution in [0.2, 0.25) is 0 Å². The van der Waals surface area contributed by atoms with Gasteiger partial charge in [-0.3, -0.25) is 0 Å². The van der Waals surface area contributed by atoms with Crippen LogP contribution in [-0.2, 0) is 4.74 Å². The zero-order valence-electron chi connectivity index (χ0n) is 8.47. The summed E-state index contributed by atoms with van der Waals surface area (Å²) in [5, 5.41) is 0. The molecule has 1 fully saturated rings. The molecule has 0 aromatic rings. The first-order chi connectivity index (χ1) is 5.54. The minimum Gasteiger partial charge on any atom is -0.377 e. The van der Waals surface area contributed by atoms with Gasteiger partial charge in [0.05, 0.1) is 6.10 Å². The van der Waals surface area contributed by atoms with Crippen LogP contribution in [0.3, 0.4) is 0 Å². The molecular formula is C10H21NO. The third-order valence-corrected chi connectivity index (χ3v) is 2.93. The first-order valence-electron chi connectivity index (χ1n) is 4.95. The summed E-state index contributed by atoms with van der Waals surface area (Å²) in [5.41, 5.74) is 6.19. The Balaban J connectivity index is 2.37. The molecule has 0 aliphatic carbocycles. The lowest BCUT2D eigenvalue weighted by molar-refractivity contribution is 0.0912. The molecule has 1 aliphatic rings. The average molecular weight is 171 g/mol. The Morgan fingerprint density at radius 1 is 1.58 bits per heavy atom. The van der Waals surface area contributed by atoms with E-state index in [4.69, 9.17) is 10.5 Å². The van der Waals surface area contributed by atoms with E-state index in [2.05, 4.69) is 20.8 Å². The van der Waals surface area contributed by atoms with E-state index in [1.165, 1.54) is 6.42 Å². The summed E-state index contributed by atoms with van der Waals surface area (Å²) in [6.45, 7) is 7.41. The zero-order chi connectivity index (χ0) is 9.19. The molecular weight excluding hydrogens is 150 g/mol. The third kappa shape index (κ3) is 2.20. The lowest BCUT2D eigenvalue weighted by atomic mass is 9.86. The van der Waals surface area contributed by atoms with Crippen molar-refractivity contribution in [1.29, 1.82) is 0 Å². The van der Waals surface area contributed by atoms with Gasteiger partial charge in [-0.05, 0) is 32.1 Å². The first kappa shape index (κ1) is 10.0. The Morgan fingerprint density at radius 3 is 2.67 bits per heavy atom. The fraction of sp³-hybridized carbons (Fsp3) is 1.00. The molecule has 0 amide bonds.